The molecule has 13 heteroatoms. The minimum Gasteiger partial charge on any atom is -0.380 e. The van der Waals surface area contributed by atoms with Crippen LogP contribution in [0.4, 0.5) is 0 Å². The van der Waals surface area contributed by atoms with Gasteiger partial charge in [-0.05, 0) is 55.7 Å². The van der Waals surface area contributed by atoms with E-state index in [1.54, 1.807) is 4.90 Å². The second kappa shape index (κ2) is 20.5. The van der Waals surface area contributed by atoms with Crippen molar-refractivity contribution >= 4 is 23.6 Å². The predicted molar refractivity (Wildman–Crippen MR) is 185 cm³/mol. The lowest BCUT2D eigenvalue weighted by Crippen LogP contribution is -2.59. The summed E-state index contributed by atoms with van der Waals surface area (Å²) < 4.78 is 5.52. The molecule has 0 bridgehead atoms. The summed E-state index contributed by atoms with van der Waals surface area (Å²) in [6, 6.07) is 15.1. The summed E-state index contributed by atoms with van der Waals surface area (Å²) in [6.45, 7) is 6.29. The summed E-state index contributed by atoms with van der Waals surface area (Å²) in [6.07, 6.45) is 1.69. The van der Waals surface area contributed by atoms with Gasteiger partial charge in [0.2, 0.25) is 23.6 Å². The number of benzene rings is 2. The maximum absolute atomic E-state index is 13.9. The molecule has 13 nitrogen and oxygen atoms in total. The highest BCUT2D eigenvalue weighted by molar-refractivity contribution is 5.95. The molecule has 1 heterocycles. The molecule has 0 aliphatic carbocycles. The Bertz CT molecular complexity index is 1270. The molecule has 264 valence electrons. The number of hydrogen-bond acceptors (Lipinski definition) is 9. The fourth-order valence-corrected chi connectivity index (χ4v) is 5.57. The quantitative estimate of drug-likeness (QED) is 0.0851. The third-order valence-electron chi connectivity index (χ3n) is 8.09. The Kier molecular flexibility index (Phi) is 16.5. The van der Waals surface area contributed by atoms with E-state index in [1.165, 1.54) is 0 Å². The molecule has 1 fully saturated rings. The standard InChI is InChI=1S/C35H54N8O5/c1-24(2)21-29(32(45)40-28(15-9-16-39-35(37)38)34(47)43-17-10-19-48-20-18-43)42-33(46)30(23-26-13-7-4-8-14-26)41-31(44)27(36)22-25-11-5-3-6-12-25/h3-8,11-14,24,27-30,35,39H,9-10,15-23,36-38H2,1-2H3,(H,40,45)(H,41,44)(H,42,46)/t27-,28-,29-,30-/m1/s1. The van der Waals surface area contributed by atoms with Gasteiger partial charge < -0.3 is 42.8 Å². The Hall–Kier alpha value is -3.88. The number of nitrogens with zero attached hydrogens (tertiary/aromatic N) is 1. The van der Waals surface area contributed by atoms with Crippen LogP contribution in [0, 0.1) is 5.92 Å². The van der Waals surface area contributed by atoms with Gasteiger partial charge in [-0.2, -0.15) is 0 Å². The average molecular weight is 667 g/mol. The molecule has 1 saturated heterocycles. The van der Waals surface area contributed by atoms with E-state index in [4.69, 9.17) is 21.9 Å². The topological polar surface area (TPSA) is 207 Å². The average Bonchev–Trinajstić information content (AvgIpc) is 3.35. The molecule has 2 aromatic rings. The number of nitrogens with one attached hydrogen (secondary N) is 4. The zero-order chi connectivity index (χ0) is 34.9. The number of ether oxygens (including phenoxy) is 1. The summed E-state index contributed by atoms with van der Waals surface area (Å²) in [4.78, 5) is 56.3. The van der Waals surface area contributed by atoms with E-state index in [-0.39, 0.29) is 18.2 Å². The van der Waals surface area contributed by atoms with E-state index in [9.17, 15) is 19.2 Å². The number of rotatable bonds is 18. The van der Waals surface area contributed by atoms with Crippen LogP contribution in [-0.2, 0) is 36.8 Å². The van der Waals surface area contributed by atoms with Gasteiger partial charge in [-0.15, -0.1) is 0 Å². The summed E-state index contributed by atoms with van der Waals surface area (Å²) in [7, 11) is 0. The number of amides is 4. The van der Waals surface area contributed by atoms with Crippen molar-refractivity contribution in [3.63, 3.8) is 0 Å². The SMILES string of the molecule is CC(C)C[C@@H](NC(=O)[C@@H](Cc1ccccc1)NC(=O)[C@H](N)Cc1ccccc1)C(=O)N[C@H](CCCNC(N)N)C(=O)N1CCCOCC1. The van der Waals surface area contributed by atoms with E-state index < -0.39 is 48.2 Å². The van der Waals surface area contributed by atoms with E-state index in [0.717, 1.165) is 11.1 Å². The molecule has 48 heavy (non-hydrogen) atoms. The molecule has 10 N–H and O–H groups in total. The van der Waals surface area contributed by atoms with Crippen LogP contribution in [0.15, 0.2) is 60.7 Å². The van der Waals surface area contributed by atoms with Crippen LogP contribution in [0.25, 0.3) is 0 Å². The first-order valence-corrected chi connectivity index (χ1v) is 16.9. The Morgan fingerprint density at radius 3 is 1.96 bits per heavy atom. The third-order valence-corrected chi connectivity index (χ3v) is 8.09. The normalized spacial score (nSPS) is 16.0. The van der Waals surface area contributed by atoms with E-state index in [1.807, 2.05) is 74.5 Å². The smallest absolute Gasteiger partial charge is 0.245 e. The van der Waals surface area contributed by atoms with Crippen molar-refractivity contribution < 1.29 is 23.9 Å². The Labute approximate surface area is 284 Å². The maximum atomic E-state index is 13.9. The first-order valence-electron chi connectivity index (χ1n) is 16.9. The lowest BCUT2D eigenvalue weighted by atomic mass is 9.99. The van der Waals surface area contributed by atoms with Crippen LogP contribution < -0.4 is 38.5 Å². The minimum absolute atomic E-state index is 0.0367. The van der Waals surface area contributed by atoms with Gasteiger partial charge in [-0.25, -0.2) is 0 Å². The summed E-state index contributed by atoms with van der Waals surface area (Å²) >= 11 is 0. The molecule has 0 radical (unpaired) electrons. The van der Waals surface area contributed by atoms with Crippen LogP contribution >= 0.6 is 0 Å². The van der Waals surface area contributed by atoms with Crippen molar-refractivity contribution in [2.45, 2.75) is 82.8 Å². The molecular weight excluding hydrogens is 612 g/mol. The van der Waals surface area contributed by atoms with Crippen molar-refractivity contribution in [3.05, 3.63) is 71.8 Å². The van der Waals surface area contributed by atoms with Crippen LogP contribution in [-0.4, -0.2) is 91.8 Å². The zero-order valence-electron chi connectivity index (χ0n) is 28.2. The van der Waals surface area contributed by atoms with Crippen LogP contribution in [0.2, 0.25) is 0 Å². The number of nitrogens with two attached hydrogens (primary N) is 3. The van der Waals surface area contributed by atoms with Crippen molar-refractivity contribution in [2.75, 3.05) is 32.8 Å². The van der Waals surface area contributed by atoms with Crippen molar-refractivity contribution in [1.29, 1.82) is 0 Å². The second-order valence-electron chi connectivity index (χ2n) is 12.7. The van der Waals surface area contributed by atoms with E-state index >= 15 is 0 Å². The number of carbonyl (C=O) groups excluding carboxylic acids is 4. The molecule has 0 saturated carbocycles. The fourth-order valence-electron chi connectivity index (χ4n) is 5.57. The van der Waals surface area contributed by atoms with E-state index in [0.29, 0.717) is 65.0 Å². The molecule has 1 aliphatic heterocycles. The van der Waals surface area contributed by atoms with Gasteiger partial charge in [0, 0.05) is 26.1 Å². The number of carbonyl (C=O) groups is 4. The van der Waals surface area contributed by atoms with Gasteiger partial charge in [0.1, 0.15) is 24.4 Å². The summed E-state index contributed by atoms with van der Waals surface area (Å²) in [5.74, 6) is -1.64. The highest BCUT2D eigenvalue weighted by atomic mass is 16.5. The van der Waals surface area contributed by atoms with Crippen LogP contribution in [0.5, 0.6) is 0 Å². The zero-order valence-corrected chi connectivity index (χ0v) is 28.2. The first kappa shape index (κ1) is 38.6. The number of hydrogen-bond donors (Lipinski definition) is 7. The molecule has 1 aliphatic rings. The highest BCUT2D eigenvalue weighted by Crippen LogP contribution is 2.12. The predicted octanol–water partition coefficient (Wildman–Crippen LogP) is 0.119. The van der Waals surface area contributed by atoms with Crippen LogP contribution in [0.1, 0.15) is 50.7 Å². The Morgan fingerprint density at radius 2 is 1.33 bits per heavy atom. The second-order valence-corrected chi connectivity index (χ2v) is 12.7. The van der Waals surface area contributed by atoms with Crippen molar-refractivity contribution in [2.24, 2.45) is 23.1 Å². The van der Waals surface area contributed by atoms with Gasteiger partial charge in [0.25, 0.3) is 0 Å². The molecular formula is C35H54N8O5. The van der Waals surface area contributed by atoms with Gasteiger partial charge in [-0.1, -0.05) is 74.5 Å². The molecule has 0 spiro atoms. The third kappa shape index (κ3) is 13.7. The minimum atomic E-state index is -0.995. The molecule has 0 unspecified atom stereocenters. The highest BCUT2D eigenvalue weighted by Gasteiger charge is 2.32. The monoisotopic (exact) mass is 666 g/mol. The fraction of sp³-hybridized carbons (Fsp3) is 0.543. The molecule has 3 rings (SSSR count). The van der Waals surface area contributed by atoms with Gasteiger partial charge in [0.15, 0.2) is 0 Å². The summed E-state index contributed by atoms with van der Waals surface area (Å²) in [5.41, 5.74) is 19.2. The van der Waals surface area contributed by atoms with Crippen molar-refractivity contribution in [3.8, 4) is 0 Å². The van der Waals surface area contributed by atoms with Crippen molar-refractivity contribution in [1.82, 2.24) is 26.2 Å². The van der Waals surface area contributed by atoms with E-state index in [2.05, 4.69) is 21.3 Å². The lowest BCUT2D eigenvalue weighted by Gasteiger charge is -2.29. The van der Waals surface area contributed by atoms with Gasteiger partial charge in [0.05, 0.1) is 12.6 Å². The molecule has 4 atom stereocenters. The Morgan fingerprint density at radius 1 is 0.750 bits per heavy atom. The molecule has 4 amide bonds. The lowest BCUT2D eigenvalue weighted by molar-refractivity contribution is -0.138. The maximum Gasteiger partial charge on any atom is 0.245 e. The molecule has 2 aromatic carbocycles. The summed E-state index contributed by atoms with van der Waals surface area (Å²) in [5, 5.41) is 11.6. The van der Waals surface area contributed by atoms with Gasteiger partial charge in [-0.3, -0.25) is 24.5 Å². The largest absolute Gasteiger partial charge is 0.380 e. The van der Waals surface area contributed by atoms with Gasteiger partial charge >= 0.3 is 0 Å². The first-order chi connectivity index (χ1) is 23.0. The van der Waals surface area contributed by atoms with Crippen LogP contribution in [0.3, 0.4) is 0 Å². The molecule has 0 aromatic heterocycles. The Balaban J connectivity index is 1.77.